The summed E-state index contributed by atoms with van der Waals surface area (Å²) in [4.78, 5) is 38.2. The van der Waals surface area contributed by atoms with Gasteiger partial charge in [-0.3, -0.25) is 9.59 Å². The smallest absolute Gasteiger partial charge is 0.341 e. The molecular formula is C25H29NO5S. The van der Waals surface area contributed by atoms with Crippen LogP contribution in [0.3, 0.4) is 0 Å². The van der Waals surface area contributed by atoms with E-state index in [-0.39, 0.29) is 24.3 Å². The van der Waals surface area contributed by atoms with Crippen LogP contribution in [0.25, 0.3) is 11.1 Å². The predicted molar refractivity (Wildman–Crippen MR) is 124 cm³/mol. The molecule has 0 unspecified atom stereocenters. The third-order valence-corrected chi connectivity index (χ3v) is 7.88. The van der Waals surface area contributed by atoms with Crippen LogP contribution in [0.4, 0.5) is 5.00 Å². The van der Waals surface area contributed by atoms with E-state index in [1.165, 1.54) is 11.3 Å². The fourth-order valence-electron chi connectivity index (χ4n) is 5.55. The summed E-state index contributed by atoms with van der Waals surface area (Å²) in [5.41, 5.74) is 4.13. The molecule has 1 amide bonds. The second-order valence-corrected chi connectivity index (χ2v) is 9.83. The quantitative estimate of drug-likeness (QED) is 0.578. The van der Waals surface area contributed by atoms with Crippen molar-refractivity contribution >= 4 is 34.2 Å². The zero-order valence-electron chi connectivity index (χ0n) is 18.6. The van der Waals surface area contributed by atoms with Crippen molar-refractivity contribution in [1.29, 1.82) is 0 Å². The molecule has 2 N–H and O–H groups in total. The van der Waals surface area contributed by atoms with Crippen LogP contribution >= 0.6 is 11.3 Å². The van der Waals surface area contributed by atoms with Gasteiger partial charge in [-0.05, 0) is 69.4 Å². The third-order valence-electron chi connectivity index (χ3n) is 6.99. The average Bonchev–Trinajstić information content (AvgIpc) is 3.17. The topological polar surface area (TPSA) is 92.7 Å². The molecule has 1 aromatic carbocycles. The van der Waals surface area contributed by atoms with E-state index < -0.39 is 23.8 Å². The molecule has 7 heteroatoms. The normalized spacial score (nSPS) is 24.2. The zero-order valence-corrected chi connectivity index (χ0v) is 19.5. The number of thiophene rings is 1. The highest BCUT2D eigenvalue weighted by molar-refractivity contribution is 7.15. The SMILES string of the molecule is CCOC(=O)c1c(-c2ccc(C)cc2C)csc1NC(=O)[C@@H]1C2CCC(CC2)[C@@H]1C(=O)O. The van der Waals surface area contributed by atoms with Gasteiger partial charge in [0.15, 0.2) is 0 Å². The second-order valence-electron chi connectivity index (χ2n) is 8.95. The maximum Gasteiger partial charge on any atom is 0.341 e. The second kappa shape index (κ2) is 9.06. The number of carboxylic acids is 1. The number of benzene rings is 1. The van der Waals surface area contributed by atoms with Gasteiger partial charge in [-0.25, -0.2) is 4.79 Å². The van der Waals surface area contributed by atoms with Crippen molar-refractivity contribution in [1.82, 2.24) is 0 Å². The summed E-state index contributed by atoms with van der Waals surface area (Å²) in [5, 5.41) is 15.0. The van der Waals surface area contributed by atoms with Crippen LogP contribution in [0.1, 0.15) is 54.1 Å². The largest absolute Gasteiger partial charge is 0.481 e. The van der Waals surface area contributed by atoms with E-state index in [4.69, 9.17) is 4.74 Å². The molecular weight excluding hydrogens is 426 g/mol. The first-order valence-corrected chi connectivity index (χ1v) is 12.1. The molecule has 0 aliphatic heterocycles. The standard InChI is InChI=1S/C25H29NO5S/c1-4-31-25(30)21-18(17-10-5-13(2)11-14(17)3)12-32-23(21)26-22(27)19-15-6-8-16(9-7-15)20(19)24(28)29/h5,10-12,15-16,19-20H,4,6-9H2,1-3H3,(H,26,27)(H,28,29)/t15?,16?,19-,20+/m1/s1. The minimum Gasteiger partial charge on any atom is -0.481 e. The van der Waals surface area contributed by atoms with Gasteiger partial charge in [0.05, 0.1) is 18.4 Å². The Kier molecular flexibility index (Phi) is 6.38. The van der Waals surface area contributed by atoms with E-state index >= 15 is 0 Å². The number of carboxylic acid groups (broad SMARTS) is 1. The Morgan fingerprint density at radius 2 is 1.72 bits per heavy atom. The number of carbonyl (C=O) groups excluding carboxylic acids is 2. The van der Waals surface area contributed by atoms with Crippen molar-refractivity contribution in [2.75, 3.05) is 11.9 Å². The van der Waals surface area contributed by atoms with E-state index in [1.807, 2.05) is 31.4 Å². The highest BCUT2D eigenvalue weighted by Gasteiger charge is 2.50. The Morgan fingerprint density at radius 1 is 1.06 bits per heavy atom. The maximum absolute atomic E-state index is 13.3. The van der Waals surface area contributed by atoms with Crippen molar-refractivity contribution in [3.63, 3.8) is 0 Å². The lowest BCUT2D eigenvalue weighted by molar-refractivity contribution is -0.156. The summed E-state index contributed by atoms with van der Waals surface area (Å²) < 4.78 is 5.31. The van der Waals surface area contributed by atoms with Crippen molar-refractivity contribution in [2.45, 2.75) is 46.5 Å². The molecule has 2 atom stereocenters. The van der Waals surface area contributed by atoms with Crippen LogP contribution in [-0.4, -0.2) is 29.6 Å². The fraction of sp³-hybridized carbons (Fsp3) is 0.480. The van der Waals surface area contributed by atoms with Gasteiger partial charge in [0, 0.05) is 10.9 Å². The van der Waals surface area contributed by atoms with E-state index in [2.05, 4.69) is 11.4 Å². The lowest BCUT2D eigenvalue weighted by atomic mass is 9.58. The summed E-state index contributed by atoms with van der Waals surface area (Å²) in [7, 11) is 0. The van der Waals surface area contributed by atoms with Crippen molar-refractivity contribution in [3.8, 4) is 11.1 Å². The molecule has 1 heterocycles. The molecule has 1 aromatic heterocycles. The molecule has 2 aromatic rings. The van der Waals surface area contributed by atoms with Crippen LogP contribution < -0.4 is 5.32 Å². The number of esters is 1. The fourth-order valence-corrected chi connectivity index (χ4v) is 6.50. The van der Waals surface area contributed by atoms with Crippen molar-refractivity contribution in [2.24, 2.45) is 23.7 Å². The number of fused-ring (bicyclic) bond motifs is 3. The first-order chi connectivity index (χ1) is 15.3. The van der Waals surface area contributed by atoms with Crippen LogP contribution in [0, 0.1) is 37.5 Å². The van der Waals surface area contributed by atoms with Crippen LogP contribution in [0.15, 0.2) is 23.6 Å². The summed E-state index contributed by atoms with van der Waals surface area (Å²) in [6.07, 6.45) is 3.51. The number of aryl methyl sites for hydroxylation is 2. The number of ether oxygens (including phenoxy) is 1. The molecule has 6 nitrogen and oxygen atoms in total. The molecule has 5 rings (SSSR count). The van der Waals surface area contributed by atoms with Gasteiger partial charge in [-0.1, -0.05) is 23.8 Å². The van der Waals surface area contributed by atoms with E-state index in [0.717, 1.165) is 47.9 Å². The van der Waals surface area contributed by atoms with E-state index in [1.54, 1.807) is 6.92 Å². The highest BCUT2D eigenvalue weighted by Crippen LogP contribution is 2.49. The minimum atomic E-state index is -0.896. The van der Waals surface area contributed by atoms with Crippen LogP contribution in [0.5, 0.6) is 0 Å². The number of aliphatic carboxylic acids is 1. The molecule has 0 saturated heterocycles. The Hall–Kier alpha value is -2.67. The Labute approximate surface area is 192 Å². The number of carbonyl (C=O) groups is 3. The Bertz CT molecular complexity index is 1050. The van der Waals surface area contributed by atoms with E-state index in [0.29, 0.717) is 10.6 Å². The Morgan fingerprint density at radius 3 is 2.31 bits per heavy atom. The number of hydrogen-bond acceptors (Lipinski definition) is 5. The summed E-state index contributed by atoms with van der Waals surface area (Å²) >= 11 is 1.28. The highest BCUT2D eigenvalue weighted by atomic mass is 32.1. The first kappa shape index (κ1) is 22.5. The van der Waals surface area contributed by atoms with Gasteiger partial charge < -0.3 is 15.2 Å². The lowest BCUT2D eigenvalue weighted by Gasteiger charge is -2.45. The molecule has 3 aliphatic carbocycles. The molecule has 32 heavy (non-hydrogen) atoms. The van der Waals surface area contributed by atoms with Gasteiger partial charge in [0.1, 0.15) is 10.6 Å². The monoisotopic (exact) mass is 455 g/mol. The number of hydrogen-bond donors (Lipinski definition) is 2. The minimum absolute atomic E-state index is 0.0480. The lowest BCUT2D eigenvalue weighted by Crippen LogP contribution is -2.49. The van der Waals surface area contributed by atoms with Gasteiger partial charge in [0.2, 0.25) is 5.91 Å². The molecule has 3 saturated carbocycles. The van der Waals surface area contributed by atoms with Crippen LogP contribution in [-0.2, 0) is 14.3 Å². The molecule has 170 valence electrons. The van der Waals surface area contributed by atoms with Gasteiger partial charge in [0.25, 0.3) is 0 Å². The number of amides is 1. The summed E-state index contributed by atoms with van der Waals surface area (Å²) in [5.74, 6) is -2.79. The average molecular weight is 456 g/mol. The van der Waals surface area contributed by atoms with Crippen molar-refractivity contribution in [3.05, 3.63) is 40.3 Å². The van der Waals surface area contributed by atoms with Crippen LogP contribution in [0.2, 0.25) is 0 Å². The predicted octanol–water partition coefficient (Wildman–Crippen LogP) is 5.28. The molecule has 3 fully saturated rings. The molecule has 0 spiro atoms. The summed E-state index contributed by atoms with van der Waals surface area (Å²) in [6, 6.07) is 6.02. The van der Waals surface area contributed by atoms with Gasteiger partial charge >= 0.3 is 11.9 Å². The summed E-state index contributed by atoms with van der Waals surface area (Å²) in [6.45, 7) is 5.97. The van der Waals surface area contributed by atoms with Crippen molar-refractivity contribution < 1.29 is 24.2 Å². The Balaban J connectivity index is 1.69. The zero-order chi connectivity index (χ0) is 23.0. The maximum atomic E-state index is 13.3. The first-order valence-electron chi connectivity index (χ1n) is 11.2. The number of rotatable bonds is 6. The third kappa shape index (κ3) is 4.06. The van der Waals surface area contributed by atoms with Gasteiger partial charge in [-0.2, -0.15) is 0 Å². The molecule has 0 radical (unpaired) electrons. The molecule has 2 bridgehead atoms. The number of anilines is 1. The molecule has 3 aliphatic rings. The van der Waals surface area contributed by atoms with Gasteiger partial charge in [-0.15, -0.1) is 11.3 Å². The van der Waals surface area contributed by atoms with E-state index in [9.17, 15) is 19.5 Å². The number of nitrogens with one attached hydrogen (secondary N) is 1.